The van der Waals surface area contributed by atoms with Crippen molar-refractivity contribution in [3.8, 4) is 0 Å². The number of aliphatic carboxylic acids is 1. The minimum absolute atomic E-state index is 0.257. The second-order valence-electron chi connectivity index (χ2n) is 5.49. The topological polar surface area (TPSA) is 72.5 Å². The van der Waals surface area contributed by atoms with E-state index in [1.807, 2.05) is 0 Å². The third-order valence-corrected chi connectivity index (χ3v) is 3.63. The maximum absolute atomic E-state index is 11.1. The van der Waals surface area contributed by atoms with E-state index >= 15 is 0 Å². The Balaban J connectivity index is 3.48. The Morgan fingerprint density at radius 2 is 1.60 bits per heavy atom. The Morgan fingerprint density at radius 1 is 1.00 bits per heavy atom. The first kappa shape index (κ1) is 19.4. The largest absolute Gasteiger partial charge is 0.481 e. The number of ether oxygens (including phenoxy) is 1. The predicted molar refractivity (Wildman–Crippen MR) is 82.8 cm³/mol. The van der Waals surface area contributed by atoms with Crippen LogP contribution in [0.2, 0.25) is 0 Å². The Labute approximate surface area is 124 Å². The molecule has 0 spiro atoms. The summed E-state index contributed by atoms with van der Waals surface area (Å²) in [5, 5.41) is 9.15. The van der Waals surface area contributed by atoms with Crippen molar-refractivity contribution >= 4 is 5.97 Å². The van der Waals surface area contributed by atoms with E-state index in [0.717, 1.165) is 19.3 Å². The molecule has 0 heterocycles. The fourth-order valence-electron chi connectivity index (χ4n) is 2.33. The van der Waals surface area contributed by atoms with Gasteiger partial charge in [-0.25, -0.2) is 0 Å². The van der Waals surface area contributed by atoms with Crippen molar-refractivity contribution in [2.24, 2.45) is 11.7 Å². The lowest BCUT2D eigenvalue weighted by Crippen LogP contribution is -2.17. The molecular weight excluding hydrogens is 254 g/mol. The van der Waals surface area contributed by atoms with Gasteiger partial charge in [-0.05, 0) is 12.8 Å². The number of nitrogens with two attached hydrogens (primary N) is 1. The van der Waals surface area contributed by atoms with Gasteiger partial charge in [0.15, 0.2) is 0 Å². The molecule has 0 aliphatic carbocycles. The van der Waals surface area contributed by atoms with Gasteiger partial charge >= 0.3 is 5.97 Å². The zero-order valence-corrected chi connectivity index (χ0v) is 13.1. The normalized spacial score (nSPS) is 12.5. The van der Waals surface area contributed by atoms with Crippen molar-refractivity contribution in [3.63, 3.8) is 0 Å². The molecule has 0 amide bonds. The van der Waals surface area contributed by atoms with Gasteiger partial charge in [-0.1, -0.05) is 58.3 Å². The van der Waals surface area contributed by atoms with Crippen LogP contribution in [0.15, 0.2) is 0 Å². The maximum atomic E-state index is 11.1. The Morgan fingerprint density at radius 3 is 2.15 bits per heavy atom. The lowest BCUT2D eigenvalue weighted by Gasteiger charge is -2.12. The van der Waals surface area contributed by atoms with Crippen LogP contribution < -0.4 is 5.73 Å². The van der Waals surface area contributed by atoms with Crippen LogP contribution in [-0.4, -0.2) is 30.8 Å². The number of rotatable bonds is 15. The standard InChI is InChI=1S/C16H33NO3/c1-2-3-4-5-6-7-8-9-10-15(16(18)19)11-13-20-14-12-17/h15H,2-14,17H2,1H3,(H,18,19). The maximum Gasteiger partial charge on any atom is 0.306 e. The van der Waals surface area contributed by atoms with Crippen LogP contribution in [0.1, 0.15) is 71.1 Å². The Hall–Kier alpha value is -0.610. The van der Waals surface area contributed by atoms with Crippen molar-refractivity contribution in [2.45, 2.75) is 71.1 Å². The highest BCUT2D eigenvalue weighted by Gasteiger charge is 2.16. The SMILES string of the molecule is CCCCCCCCCCC(CCOCCN)C(=O)O. The van der Waals surface area contributed by atoms with Gasteiger partial charge in [-0.15, -0.1) is 0 Å². The molecule has 120 valence electrons. The molecule has 0 aliphatic rings. The molecule has 0 aromatic rings. The molecular formula is C16H33NO3. The molecule has 1 unspecified atom stereocenters. The second-order valence-corrected chi connectivity index (χ2v) is 5.49. The molecule has 20 heavy (non-hydrogen) atoms. The third-order valence-electron chi connectivity index (χ3n) is 3.63. The quantitative estimate of drug-likeness (QED) is 0.451. The molecule has 0 rings (SSSR count). The molecule has 3 N–H and O–H groups in total. The summed E-state index contributed by atoms with van der Waals surface area (Å²) in [4.78, 5) is 11.1. The molecule has 0 saturated heterocycles. The highest BCUT2D eigenvalue weighted by molar-refractivity contribution is 5.69. The Kier molecular flexibility index (Phi) is 14.3. The summed E-state index contributed by atoms with van der Waals surface area (Å²) in [6, 6.07) is 0. The highest BCUT2D eigenvalue weighted by Crippen LogP contribution is 2.16. The van der Waals surface area contributed by atoms with E-state index in [1.165, 1.54) is 38.5 Å². The van der Waals surface area contributed by atoms with Gasteiger partial charge in [0.1, 0.15) is 0 Å². The van der Waals surface area contributed by atoms with E-state index in [-0.39, 0.29) is 5.92 Å². The summed E-state index contributed by atoms with van der Waals surface area (Å²) >= 11 is 0. The van der Waals surface area contributed by atoms with Crippen LogP contribution in [0, 0.1) is 5.92 Å². The van der Waals surface area contributed by atoms with E-state index in [2.05, 4.69) is 6.92 Å². The van der Waals surface area contributed by atoms with E-state index in [0.29, 0.717) is 26.2 Å². The Bertz CT molecular complexity index is 222. The lowest BCUT2D eigenvalue weighted by atomic mass is 9.97. The number of carboxylic acids is 1. The summed E-state index contributed by atoms with van der Waals surface area (Å²) in [6.07, 6.45) is 11.4. The first-order valence-electron chi connectivity index (χ1n) is 8.23. The van der Waals surface area contributed by atoms with Gasteiger partial charge in [0.2, 0.25) is 0 Å². The zero-order chi connectivity index (χ0) is 15.1. The highest BCUT2D eigenvalue weighted by atomic mass is 16.5. The van der Waals surface area contributed by atoms with E-state index in [4.69, 9.17) is 15.6 Å². The number of hydrogen-bond acceptors (Lipinski definition) is 3. The lowest BCUT2D eigenvalue weighted by molar-refractivity contribution is -0.142. The van der Waals surface area contributed by atoms with Crippen molar-refractivity contribution < 1.29 is 14.6 Å². The second kappa shape index (κ2) is 14.8. The van der Waals surface area contributed by atoms with Crippen LogP contribution >= 0.6 is 0 Å². The monoisotopic (exact) mass is 287 g/mol. The first-order chi connectivity index (χ1) is 9.72. The molecule has 0 fully saturated rings. The molecule has 0 radical (unpaired) electrons. The molecule has 0 saturated carbocycles. The van der Waals surface area contributed by atoms with Gasteiger partial charge in [0.05, 0.1) is 12.5 Å². The third kappa shape index (κ3) is 12.4. The van der Waals surface area contributed by atoms with Crippen LogP contribution in [0.5, 0.6) is 0 Å². The summed E-state index contributed by atoms with van der Waals surface area (Å²) in [7, 11) is 0. The summed E-state index contributed by atoms with van der Waals surface area (Å²) in [5.41, 5.74) is 5.32. The van der Waals surface area contributed by atoms with Crippen molar-refractivity contribution in [2.75, 3.05) is 19.8 Å². The summed E-state index contributed by atoms with van der Waals surface area (Å²) < 4.78 is 5.26. The van der Waals surface area contributed by atoms with Gasteiger partial charge in [0, 0.05) is 13.2 Å². The molecule has 0 aliphatic heterocycles. The minimum atomic E-state index is -0.690. The van der Waals surface area contributed by atoms with Gasteiger partial charge in [0.25, 0.3) is 0 Å². The average Bonchev–Trinajstić information content (AvgIpc) is 2.43. The molecule has 4 nitrogen and oxygen atoms in total. The summed E-state index contributed by atoms with van der Waals surface area (Å²) in [6.45, 7) is 3.74. The van der Waals surface area contributed by atoms with Crippen molar-refractivity contribution in [1.82, 2.24) is 0 Å². The van der Waals surface area contributed by atoms with Crippen LogP contribution in [0.4, 0.5) is 0 Å². The van der Waals surface area contributed by atoms with Gasteiger partial charge in [-0.3, -0.25) is 4.79 Å². The van der Waals surface area contributed by atoms with Crippen molar-refractivity contribution in [3.05, 3.63) is 0 Å². The molecule has 4 heteroatoms. The van der Waals surface area contributed by atoms with Gasteiger partial charge in [-0.2, -0.15) is 0 Å². The number of hydrogen-bond donors (Lipinski definition) is 2. The smallest absolute Gasteiger partial charge is 0.306 e. The summed E-state index contributed by atoms with van der Waals surface area (Å²) in [5.74, 6) is -0.947. The fourth-order valence-corrected chi connectivity index (χ4v) is 2.33. The fraction of sp³-hybridized carbons (Fsp3) is 0.938. The number of carboxylic acid groups (broad SMARTS) is 1. The molecule has 1 atom stereocenters. The van der Waals surface area contributed by atoms with Crippen molar-refractivity contribution in [1.29, 1.82) is 0 Å². The first-order valence-corrected chi connectivity index (χ1v) is 8.23. The van der Waals surface area contributed by atoms with Crippen LogP contribution in [0.3, 0.4) is 0 Å². The molecule has 0 aromatic carbocycles. The van der Waals surface area contributed by atoms with E-state index in [1.54, 1.807) is 0 Å². The molecule has 0 aromatic heterocycles. The number of carbonyl (C=O) groups is 1. The van der Waals surface area contributed by atoms with E-state index < -0.39 is 5.97 Å². The predicted octanol–water partition coefficient (Wildman–Crippen LogP) is 3.58. The average molecular weight is 287 g/mol. The van der Waals surface area contributed by atoms with Gasteiger partial charge < -0.3 is 15.6 Å². The molecule has 0 bridgehead atoms. The zero-order valence-electron chi connectivity index (χ0n) is 13.1. The number of unbranched alkanes of at least 4 members (excludes halogenated alkanes) is 7. The minimum Gasteiger partial charge on any atom is -0.481 e. The van der Waals surface area contributed by atoms with Crippen LogP contribution in [0.25, 0.3) is 0 Å². The van der Waals surface area contributed by atoms with E-state index in [9.17, 15) is 4.79 Å². The van der Waals surface area contributed by atoms with Crippen LogP contribution in [-0.2, 0) is 9.53 Å².